The predicted molar refractivity (Wildman–Crippen MR) is 167 cm³/mol. The van der Waals surface area contributed by atoms with E-state index in [2.05, 4.69) is 48.5 Å². The van der Waals surface area contributed by atoms with Gasteiger partial charge < -0.3 is 14.9 Å². The van der Waals surface area contributed by atoms with E-state index in [-0.39, 0.29) is 17.4 Å². The van der Waals surface area contributed by atoms with Crippen molar-refractivity contribution in [3.63, 3.8) is 0 Å². The summed E-state index contributed by atoms with van der Waals surface area (Å²) in [7, 11) is 0. The van der Waals surface area contributed by atoms with Crippen LogP contribution in [0.4, 0.5) is 0 Å². The Bertz CT molecular complexity index is 2270. The number of hydrogen-bond acceptors (Lipinski definition) is 5. The van der Waals surface area contributed by atoms with Crippen LogP contribution in [0.25, 0.3) is 32.3 Å². The van der Waals surface area contributed by atoms with Gasteiger partial charge in [0, 0.05) is 39.9 Å². The van der Waals surface area contributed by atoms with Crippen LogP contribution in [0.1, 0.15) is 32.6 Å². The van der Waals surface area contributed by atoms with Crippen LogP contribution in [0.3, 0.4) is 0 Å². The highest BCUT2D eigenvalue weighted by Crippen LogP contribution is 2.58. The lowest BCUT2D eigenvalue weighted by molar-refractivity contribution is 0.0675. The normalized spacial score (nSPS) is 15.0. The Morgan fingerprint density at radius 2 is 1.28 bits per heavy atom. The average Bonchev–Trinajstić information content (AvgIpc) is 3.26. The maximum atomic E-state index is 14.3. The first-order valence-corrected chi connectivity index (χ1v) is 14.0. The van der Waals surface area contributed by atoms with Gasteiger partial charge in [0.15, 0.2) is 0 Å². The minimum atomic E-state index is -1.20. The lowest BCUT2D eigenvalue weighted by atomic mass is 9.75. The molecule has 2 aliphatic rings. The van der Waals surface area contributed by atoms with Crippen LogP contribution >= 0.6 is 0 Å². The van der Waals surface area contributed by atoms with Gasteiger partial charge in [0.25, 0.3) is 5.91 Å². The molecule has 0 bridgehead atoms. The first kappa shape index (κ1) is 23.8. The largest absolute Gasteiger partial charge is 0.508 e. The predicted octanol–water partition coefficient (Wildman–Crippen LogP) is 7.88. The number of hydrogen-bond donors (Lipinski definition) is 2. The van der Waals surface area contributed by atoms with Crippen molar-refractivity contribution in [2.45, 2.75) is 5.54 Å². The molecule has 0 aliphatic carbocycles. The molecule has 0 saturated carbocycles. The number of carbonyl (C=O) groups is 1. The molecule has 7 aromatic rings. The molecule has 0 aromatic heterocycles. The number of amides is 1. The Balaban J connectivity index is 1.31. The van der Waals surface area contributed by atoms with E-state index in [4.69, 9.17) is 9.84 Å². The maximum Gasteiger partial charge on any atom is 0.275 e. The summed E-state index contributed by atoms with van der Waals surface area (Å²) in [6, 6.07) is 36.2. The molecule has 0 radical (unpaired) electrons. The highest BCUT2D eigenvalue weighted by Gasteiger charge is 2.57. The molecule has 1 spiro atoms. The molecule has 0 atom stereocenters. The van der Waals surface area contributed by atoms with Gasteiger partial charge in [0.05, 0.1) is 6.21 Å². The molecule has 1 amide bonds. The second kappa shape index (κ2) is 8.33. The van der Waals surface area contributed by atoms with Gasteiger partial charge in [-0.05, 0) is 62.6 Å². The van der Waals surface area contributed by atoms with Crippen LogP contribution in [0.15, 0.2) is 120 Å². The zero-order valence-corrected chi connectivity index (χ0v) is 22.7. The SMILES string of the molecule is O=C1c2ccccc2C2(c3ccc(O)cc3Oc3cc(O)ccc32)N1/N=C/c1ccc2ccc3cccc4ccc1c2c34. The monoisotopic (exact) mass is 558 g/mol. The van der Waals surface area contributed by atoms with E-state index in [0.29, 0.717) is 28.2 Å². The van der Waals surface area contributed by atoms with E-state index >= 15 is 0 Å². The lowest BCUT2D eigenvalue weighted by Crippen LogP contribution is -2.44. The zero-order valence-electron chi connectivity index (χ0n) is 22.7. The van der Waals surface area contributed by atoms with Crippen molar-refractivity contribution in [2.24, 2.45) is 5.10 Å². The molecular formula is C37H22N2O4. The molecule has 2 N–H and O–H groups in total. The van der Waals surface area contributed by atoms with Crippen molar-refractivity contribution in [3.8, 4) is 23.0 Å². The molecule has 9 rings (SSSR count). The summed E-state index contributed by atoms with van der Waals surface area (Å²) in [5.74, 6) is 0.554. The van der Waals surface area contributed by atoms with E-state index in [1.807, 2.05) is 24.3 Å². The number of nitrogens with zero attached hydrogens (tertiary/aromatic N) is 2. The van der Waals surface area contributed by atoms with Crippen LogP contribution in [0.2, 0.25) is 0 Å². The number of ether oxygens (including phenoxy) is 1. The molecule has 0 unspecified atom stereocenters. The summed E-state index contributed by atoms with van der Waals surface area (Å²) in [6.45, 7) is 0. The Labute approximate surface area is 245 Å². The Morgan fingerprint density at radius 3 is 2.00 bits per heavy atom. The van der Waals surface area contributed by atoms with Crippen LogP contribution in [0, 0.1) is 0 Å². The van der Waals surface area contributed by atoms with Crippen molar-refractivity contribution in [3.05, 3.63) is 143 Å². The number of aromatic hydroxyl groups is 2. The highest BCUT2D eigenvalue weighted by atomic mass is 16.5. The second-order valence-electron chi connectivity index (χ2n) is 11.1. The van der Waals surface area contributed by atoms with Gasteiger partial charge in [-0.3, -0.25) is 4.79 Å². The van der Waals surface area contributed by atoms with Crippen molar-refractivity contribution in [1.29, 1.82) is 0 Å². The first-order chi connectivity index (χ1) is 21.0. The molecule has 2 heterocycles. The van der Waals surface area contributed by atoms with Crippen molar-refractivity contribution in [2.75, 3.05) is 0 Å². The third-order valence-electron chi connectivity index (χ3n) is 8.86. The molecule has 2 aliphatic heterocycles. The standard InChI is InChI=1S/C37H22N2O4/c40-25-13-16-30-32(18-25)43-33-19-26(41)14-17-31(33)37(30)29-7-2-1-6-28(29)36(42)39(37)38-20-24-11-10-23-9-8-21-4-3-5-22-12-15-27(24)35(23)34(21)22/h1-20,40-41H/b38-20+. The summed E-state index contributed by atoms with van der Waals surface area (Å²) in [5, 5.41) is 34.1. The number of carbonyl (C=O) groups excluding carboxylic acids is 1. The van der Waals surface area contributed by atoms with Gasteiger partial charge in [-0.2, -0.15) is 5.10 Å². The number of benzene rings is 7. The van der Waals surface area contributed by atoms with Crippen LogP contribution in [-0.4, -0.2) is 27.3 Å². The number of rotatable bonds is 2. The van der Waals surface area contributed by atoms with Crippen molar-refractivity contribution >= 4 is 44.4 Å². The van der Waals surface area contributed by atoms with Gasteiger partial charge in [0.2, 0.25) is 0 Å². The lowest BCUT2D eigenvalue weighted by Gasteiger charge is -2.41. The fraction of sp³-hybridized carbons (Fsp3) is 0.0270. The van der Waals surface area contributed by atoms with Crippen LogP contribution in [-0.2, 0) is 5.54 Å². The van der Waals surface area contributed by atoms with Gasteiger partial charge in [-0.15, -0.1) is 0 Å². The molecule has 6 nitrogen and oxygen atoms in total. The number of fused-ring (bicyclic) bond motifs is 6. The minimum Gasteiger partial charge on any atom is -0.508 e. The van der Waals surface area contributed by atoms with E-state index in [1.54, 1.807) is 36.5 Å². The molecule has 7 aromatic carbocycles. The van der Waals surface area contributed by atoms with E-state index in [9.17, 15) is 15.0 Å². The third-order valence-corrected chi connectivity index (χ3v) is 8.86. The van der Waals surface area contributed by atoms with E-state index < -0.39 is 5.54 Å². The Kier molecular flexibility index (Phi) is 4.61. The molecule has 0 saturated heterocycles. The second-order valence-corrected chi connectivity index (χ2v) is 11.1. The molecule has 43 heavy (non-hydrogen) atoms. The summed E-state index contributed by atoms with van der Waals surface area (Å²) in [4.78, 5) is 14.3. The van der Waals surface area contributed by atoms with Gasteiger partial charge >= 0.3 is 0 Å². The summed E-state index contributed by atoms with van der Waals surface area (Å²) >= 11 is 0. The molecule has 204 valence electrons. The topological polar surface area (TPSA) is 82.4 Å². The maximum absolute atomic E-state index is 14.3. The Morgan fingerprint density at radius 1 is 0.651 bits per heavy atom. The fourth-order valence-electron chi connectivity index (χ4n) is 7.07. The van der Waals surface area contributed by atoms with E-state index in [1.165, 1.54) is 33.3 Å². The summed E-state index contributed by atoms with van der Waals surface area (Å²) in [5.41, 5.74) is 2.28. The van der Waals surface area contributed by atoms with Crippen molar-refractivity contribution < 1.29 is 19.7 Å². The van der Waals surface area contributed by atoms with Gasteiger partial charge in [0.1, 0.15) is 28.5 Å². The Hall–Kier alpha value is -5.88. The third kappa shape index (κ3) is 3.07. The molecular weight excluding hydrogens is 536 g/mol. The summed E-state index contributed by atoms with van der Waals surface area (Å²) < 4.78 is 6.20. The fourth-order valence-corrected chi connectivity index (χ4v) is 7.07. The summed E-state index contributed by atoms with van der Waals surface area (Å²) in [6.07, 6.45) is 1.76. The zero-order chi connectivity index (χ0) is 28.9. The minimum absolute atomic E-state index is 0.0267. The molecule has 6 heteroatoms. The van der Waals surface area contributed by atoms with Gasteiger partial charge in [-0.1, -0.05) is 72.8 Å². The highest BCUT2D eigenvalue weighted by molar-refractivity contribution is 6.25. The average molecular weight is 559 g/mol. The van der Waals surface area contributed by atoms with Crippen molar-refractivity contribution in [1.82, 2.24) is 5.01 Å². The first-order valence-electron chi connectivity index (χ1n) is 14.0. The number of hydrazone groups is 1. The number of phenolic OH excluding ortho intramolecular Hbond substituents is 2. The smallest absolute Gasteiger partial charge is 0.275 e. The molecule has 0 fully saturated rings. The van der Waals surface area contributed by atoms with Crippen LogP contribution in [0.5, 0.6) is 23.0 Å². The van der Waals surface area contributed by atoms with E-state index in [0.717, 1.165) is 27.3 Å². The quantitative estimate of drug-likeness (QED) is 0.167. The van der Waals surface area contributed by atoms with Gasteiger partial charge in [-0.25, -0.2) is 5.01 Å². The number of phenols is 2. The van der Waals surface area contributed by atoms with Crippen LogP contribution < -0.4 is 4.74 Å².